The molecule has 3 heteroatoms. The fraction of sp³-hybridized carbons (Fsp3) is 0.875. The third-order valence-electron chi connectivity index (χ3n) is 2.79. The topological polar surface area (TPSA) is 46.3 Å². The standard InChI is InChI=1S/C8H14N2O/c9-7-4-3-6-2-1-5-10(6)8(7)11/h6-7H,1-5,9H2. The van der Waals surface area contributed by atoms with Crippen LogP contribution in [0.5, 0.6) is 0 Å². The van der Waals surface area contributed by atoms with Crippen LogP contribution < -0.4 is 5.73 Å². The van der Waals surface area contributed by atoms with E-state index in [9.17, 15) is 4.79 Å². The molecular weight excluding hydrogens is 140 g/mol. The lowest BCUT2D eigenvalue weighted by Crippen LogP contribution is -2.50. The van der Waals surface area contributed by atoms with Gasteiger partial charge in [0.05, 0.1) is 6.04 Å². The highest BCUT2D eigenvalue weighted by Gasteiger charge is 2.35. The normalized spacial score (nSPS) is 37.5. The number of rotatable bonds is 0. The molecule has 0 aromatic carbocycles. The molecule has 0 radical (unpaired) electrons. The Bertz CT molecular complexity index is 181. The Hall–Kier alpha value is -0.570. The van der Waals surface area contributed by atoms with Crippen molar-refractivity contribution in [3.05, 3.63) is 0 Å². The molecule has 2 unspecified atom stereocenters. The van der Waals surface area contributed by atoms with Gasteiger partial charge in [-0.2, -0.15) is 0 Å². The zero-order chi connectivity index (χ0) is 7.84. The second kappa shape index (κ2) is 2.48. The van der Waals surface area contributed by atoms with Crippen molar-refractivity contribution in [1.29, 1.82) is 0 Å². The molecule has 2 saturated heterocycles. The number of nitrogens with two attached hydrogens (primary N) is 1. The van der Waals surface area contributed by atoms with Crippen molar-refractivity contribution >= 4 is 5.91 Å². The van der Waals surface area contributed by atoms with Gasteiger partial charge in [-0.1, -0.05) is 0 Å². The van der Waals surface area contributed by atoms with E-state index in [0.29, 0.717) is 6.04 Å². The van der Waals surface area contributed by atoms with Crippen LogP contribution >= 0.6 is 0 Å². The number of hydrogen-bond acceptors (Lipinski definition) is 2. The van der Waals surface area contributed by atoms with Crippen LogP contribution in [0.2, 0.25) is 0 Å². The van der Waals surface area contributed by atoms with Crippen LogP contribution in [0.15, 0.2) is 0 Å². The summed E-state index contributed by atoms with van der Waals surface area (Å²) < 4.78 is 0. The third kappa shape index (κ3) is 1.03. The second-order valence-electron chi connectivity index (χ2n) is 3.51. The number of nitrogens with zero attached hydrogens (tertiary/aromatic N) is 1. The van der Waals surface area contributed by atoms with E-state index in [1.807, 2.05) is 4.90 Å². The first-order valence-electron chi connectivity index (χ1n) is 4.35. The monoisotopic (exact) mass is 154 g/mol. The van der Waals surface area contributed by atoms with Crippen LogP contribution in [-0.2, 0) is 4.79 Å². The fourth-order valence-electron chi connectivity index (χ4n) is 2.13. The van der Waals surface area contributed by atoms with Crippen molar-refractivity contribution in [2.75, 3.05) is 6.54 Å². The number of carbonyl (C=O) groups excluding carboxylic acids is 1. The van der Waals surface area contributed by atoms with Crippen molar-refractivity contribution in [1.82, 2.24) is 4.90 Å². The first-order valence-corrected chi connectivity index (χ1v) is 4.35. The van der Waals surface area contributed by atoms with Crippen LogP contribution in [0.4, 0.5) is 0 Å². The number of carbonyl (C=O) groups is 1. The highest BCUT2D eigenvalue weighted by Crippen LogP contribution is 2.26. The zero-order valence-electron chi connectivity index (χ0n) is 6.62. The van der Waals surface area contributed by atoms with Crippen LogP contribution in [0.1, 0.15) is 25.7 Å². The minimum Gasteiger partial charge on any atom is -0.338 e. The van der Waals surface area contributed by atoms with Crippen molar-refractivity contribution < 1.29 is 4.79 Å². The Balaban J connectivity index is 2.12. The summed E-state index contributed by atoms with van der Waals surface area (Å²) in [6, 6.07) is 0.326. The minimum atomic E-state index is -0.204. The molecule has 2 rings (SSSR count). The molecule has 62 valence electrons. The molecule has 2 fully saturated rings. The van der Waals surface area contributed by atoms with Gasteiger partial charge in [0.25, 0.3) is 0 Å². The molecule has 0 bridgehead atoms. The summed E-state index contributed by atoms with van der Waals surface area (Å²) in [5.41, 5.74) is 5.64. The van der Waals surface area contributed by atoms with Crippen molar-refractivity contribution in [2.24, 2.45) is 5.73 Å². The summed E-state index contributed by atoms with van der Waals surface area (Å²) in [6.07, 6.45) is 4.37. The highest BCUT2D eigenvalue weighted by molar-refractivity contribution is 5.83. The summed E-state index contributed by atoms with van der Waals surface area (Å²) in [5, 5.41) is 0. The SMILES string of the molecule is NC1CCC2CCCN2C1=O. The molecule has 0 aliphatic carbocycles. The average Bonchev–Trinajstić information content (AvgIpc) is 2.45. The smallest absolute Gasteiger partial charge is 0.239 e. The van der Waals surface area contributed by atoms with Gasteiger partial charge in [-0.25, -0.2) is 0 Å². The first-order chi connectivity index (χ1) is 5.29. The van der Waals surface area contributed by atoms with Gasteiger partial charge in [-0.15, -0.1) is 0 Å². The Morgan fingerprint density at radius 1 is 1.36 bits per heavy atom. The van der Waals surface area contributed by atoms with Crippen molar-refractivity contribution in [3.63, 3.8) is 0 Å². The molecule has 3 nitrogen and oxygen atoms in total. The molecule has 11 heavy (non-hydrogen) atoms. The predicted molar refractivity (Wildman–Crippen MR) is 41.9 cm³/mol. The number of fused-ring (bicyclic) bond motifs is 1. The Kier molecular flexibility index (Phi) is 1.60. The summed E-state index contributed by atoms with van der Waals surface area (Å²) >= 11 is 0. The fourth-order valence-corrected chi connectivity index (χ4v) is 2.13. The van der Waals surface area contributed by atoms with E-state index in [4.69, 9.17) is 5.73 Å². The molecule has 2 aliphatic rings. The maximum Gasteiger partial charge on any atom is 0.239 e. The molecule has 1 amide bonds. The van der Waals surface area contributed by atoms with Gasteiger partial charge in [0, 0.05) is 12.6 Å². The molecule has 0 saturated carbocycles. The van der Waals surface area contributed by atoms with Crippen LogP contribution in [0.25, 0.3) is 0 Å². The lowest BCUT2D eigenvalue weighted by Gasteiger charge is -2.32. The van der Waals surface area contributed by atoms with Gasteiger partial charge < -0.3 is 10.6 Å². The molecule has 2 heterocycles. The highest BCUT2D eigenvalue weighted by atomic mass is 16.2. The summed E-state index contributed by atoms with van der Waals surface area (Å²) in [6.45, 7) is 0.942. The largest absolute Gasteiger partial charge is 0.338 e. The molecule has 2 aliphatic heterocycles. The molecular formula is C8H14N2O. The van der Waals surface area contributed by atoms with Crippen molar-refractivity contribution in [2.45, 2.75) is 37.8 Å². The maximum absolute atomic E-state index is 11.4. The van der Waals surface area contributed by atoms with E-state index in [2.05, 4.69) is 0 Å². The van der Waals surface area contributed by atoms with Gasteiger partial charge in [-0.05, 0) is 25.7 Å². The lowest BCUT2D eigenvalue weighted by atomic mass is 9.99. The van der Waals surface area contributed by atoms with E-state index in [-0.39, 0.29) is 11.9 Å². The Labute approximate surface area is 66.5 Å². The number of amides is 1. The second-order valence-corrected chi connectivity index (χ2v) is 3.51. The Morgan fingerprint density at radius 3 is 3.00 bits per heavy atom. The Morgan fingerprint density at radius 2 is 2.18 bits per heavy atom. The van der Waals surface area contributed by atoms with Crippen LogP contribution in [0.3, 0.4) is 0 Å². The molecule has 0 aromatic heterocycles. The molecule has 2 atom stereocenters. The molecule has 0 aromatic rings. The van der Waals surface area contributed by atoms with E-state index < -0.39 is 0 Å². The average molecular weight is 154 g/mol. The van der Waals surface area contributed by atoms with Gasteiger partial charge in [-0.3, -0.25) is 4.79 Å². The lowest BCUT2D eigenvalue weighted by molar-refractivity contribution is -0.136. The summed E-state index contributed by atoms with van der Waals surface area (Å²) in [7, 11) is 0. The summed E-state index contributed by atoms with van der Waals surface area (Å²) in [5.74, 6) is 0.179. The third-order valence-corrected chi connectivity index (χ3v) is 2.79. The first kappa shape index (κ1) is 7.10. The van der Waals surface area contributed by atoms with Crippen LogP contribution in [-0.4, -0.2) is 29.4 Å². The van der Waals surface area contributed by atoms with Crippen molar-refractivity contribution in [3.8, 4) is 0 Å². The zero-order valence-corrected chi connectivity index (χ0v) is 6.62. The molecule has 2 N–H and O–H groups in total. The number of piperidine rings is 1. The van der Waals surface area contributed by atoms with Gasteiger partial charge in [0.2, 0.25) is 5.91 Å². The quantitative estimate of drug-likeness (QED) is 0.538. The van der Waals surface area contributed by atoms with E-state index in [0.717, 1.165) is 19.4 Å². The maximum atomic E-state index is 11.4. The van der Waals surface area contributed by atoms with Gasteiger partial charge >= 0.3 is 0 Å². The van der Waals surface area contributed by atoms with Gasteiger partial charge in [0.15, 0.2) is 0 Å². The van der Waals surface area contributed by atoms with Crippen LogP contribution in [0, 0.1) is 0 Å². The van der Waals surface area contributed by atoms with Gasteiger partial charge in [0.1, 0.15) is 0 Å². The number of hydrogen-bond donors (Lipinski definition) is 1. The summed E-state index contributed by atoms with van der Waals surface area (Å²) in [4.78, 5) is 13.4. The van der Waals surface area contributed by atoms with E-state index in [1.165, 1.54) is 12.8 Å². The van der Waals surface area contributed by atoms with E-state index in [1.54, 1.807) is 0 Å². The minimum absolute atomic E-state index is 0.179. The van der Waals surface area contributed by atoms with E-state index >= 15 is 0 Å². The molecule has 0 spiro atoms. The predicted octanol–water partition coefficient (Wildman–Crippen LogP) is 0.0985.